The first kappa shape index (κ1) is 23.4. The van der Waals surface area contributed by atoms with Crippen molar-refractivity contribution in [3.05, 3.63) is 59.1 Å². The molecular formula is C22H27ClN2O5S. The SMILES string of the molecule is COc1ccc(N(CC(=O)NCC2(c3ccccc3)CCOCC2)S(C)(=O)=O)cc1Cl. The maximum absolute atomic E-state index is 12.8. The molecular weight excluding hydrogens is 440 g/mol. The molecule has 2 aromatic rings. The van der Waals surface area contributed by atoms with Crippen molar-refractivity contribution in [3.8, 4) is 5.75 Å². The molecule has 1 N–H and O–H groups in total. The highest BCUT2D eigenvalue weighted by atomic mass is 35.5. The molecule has 1 aliphatic rings. The van der Waals surface area contributed by atoms with Crippen LogP contribution in [0.4, 0.5) is 5.69 Å². The summed E-state index contributed by atoms with van der Waals surface area (Å²) < 4.78 is 36.4. The van der Waals surface area contributed by atoms with E-state index in [2.05, 4.69) is 17.4 Å². The van der Waals surface area contributed by atoms with Crippen LogP contribution in [0.3, 0.4) is 0 Å². The number of anilines is 1. The second-order valence-corrected chi connectivity index (χ2v) is 9.94. The van der Waals surface area contributed by atoms with E-state index in [1.807, 2.05) is 18.2 Å². The number of amides is 1. The smallest absolute Gasteiger partial charge is 0.240 e. The first-order valence-corrected chi connectivity index (χ1v) is 12.2. The summed E-state index contributed by atoms with van der Waals surface area (Å²) in [6.07, 6.45) is 2.62. The zero-order chi connectivity index (χ0) is 22.5. The first-order valence-electron chi connectivity index (χ1n) is 9.96. The molecule has 0 aromatic heterocycles. The van der Waals surface area contributed by atoms with Crippen molar-refractivity contribution in [2.24, 2.45) is 0 Å². The highest BCUT2D eigenvalue weighted by Gasteiger charge is 2.35. The Balaban J connectivity index is 1.76. The van der Waals surface area contributed by atoms with Gasteiger partial charge >= 0.3 is 0 Å². The van der Waals surface area contributed by atoms with E-state index in [9.17, 15) is 13.2 Å². The number of methoxy groups -OCH3 is 1. The second kappa shape index (κ2) is 9.89. The molecule has 0 bridgehead atoms. The van der Waals surface area contributed by atoms with Gasteiger partial charge in [-0.3, -0.25) is 9.10 Å². The molecule has 0 aliphatic carbocycles. The number of rotatable bonds is 8. The van der Waals surface area contributed by atoms with Crippen LogP contribution in [0.15, 0.2) is 48.5 Å². The Morgan fingerprint density at radius 1 is 1.19 bits per heavy atom. The lowest BCUT2D eigenvalue weighted by atomic mass is 9.74. The van der Waals surface area contributed by atoms with Crippen LogP contribution in [0.2, 0.25) is 5.02 Å². The lowest BCUT2D eigenvalue weighted by Gasteiger charge is -2.38. The van der Waals surface area contributed by atoms with Gasteiger partial charge in [0.2, 0.25) is 15.9 Å². The number of sulfonamides is 1. The highest BCUT2D eigenvalue weighted by molar-refractivity contribution is 7.92. The van der Waals surface area contributed by atoms with Gasteiger partial charge in [0, 0.05) is 25.2 Å². The zero-order valence-corrected chi connectivity index (χ0v) is 19.2. The van der Waals surface area contributed by atoms with Gasteiger partial charge < -0.3 is 14.8 Å². The molecule has 0 unspecified atom stereocenters. The predicted molar refractivity (Wildman–Crippen MR) is 121 cm³/mol. The summed E-state index contributed by atoms with van der Waals surface area (Å²) in [6, 6.07) is 14.6. The third kappa shape index (κ3) is 5.70. The minimum absolute atomic E-state index is 0.242. The molecule has 1 amide bonds. The lowest BCUT2D eigenvalue weighted by molar-refractivity contribution is -0.120. The molecule has 9 heteroatoms. The summed E-state index contributed by atoms with van der Waals surface area (Å²) >= 11 is 6.15. The first-order chi connectivity index (χ1) is 14.7. The van der Waals surface area contributed by atoms with Crippen LogP contribution in [0, 0.1) is 0 Å². The summed E-state index contributed by atoms with van der Waals surface area (Å²) in [5, 5.41) is 3.21. The Morgan fingerprint density at radius 3 is 2.45 bits per heavy atom. The number of benzene rings is 2. The van der Waals surface area contributed by atoms with E-state index in [0.29, 0.717) is 31.2 Å². The lowest BCUT2D eigenvalue weighted by Crippen LogP contribution is -2.47. The topological polar surface area (TPSA) is 84.9 Å². The third-order valence-corrected chi connectivity index (χ3v) is 7.01. The molecule has 1 heterocycles. The van der Waals surface area contributed by atoms with Gasteiger partial charge in [0.05, 0.1) is 24.1 Å². The third-order valence-electron chi connectivity index (χ3n) is 5.57. The fraction of sp³-hybridized carbons (Fsp3) is 0.409. The van der Waals surface area contributed by atoms with Gasteiger partial charge in [-0.15, -0.1) is 0 Å². The van der Waals surface area contributed by atoms with Crippen molar-refractivity contribution < 1.29 is 22.7 Å². The van der Waals surface area contributed by atoms with E-state index in [1.54, 1.807) is 12.1 Å². The largest absolute Gasteiger partial charge is 0.495 e. The second-order valence-electron chi connectivity index (χ2n) is 7.62. The molecule has 31 heavy (non-hydrogen) atoms. The molecule has 7 nitrogen and oxygen atoms in total. The Bertz CT molecular complexity index is 1010. The quantitative estimate of drug-likeness (QED) is 0.646. The Kier molecular flexibility index (Phi) is 7.46. The summed E-state index contributed by atoms with van der Waals surface area (Å²) in [5.74, 6) is 0.0341. The van der Waals surface area contributed by atoms with Crippen LogP contribution >= 0.6 is 11.6 Å². The average Bonchev–Trinajstić information content (AvgIpc) is 2.76. The van der Waals surface area contributed by atoms with Crippen LogP contribution in [0.1, 0.15) is 18.4 Å². The summed E-state index contributed by atoms with van der Waals surface area (Å²) in [6.45, 7) is 1.29. The maximum atomic E-state index is 12.8. The minimum Gasteiger partial charge on any atom is -0.495 e. The maximum Gasteiger partial charge on any atom is 0.240 e. The number of ether oxygens (including phenoxy) is 2. The van der Waals surface area contributed by atoms with Gasteiger partial charge in [-0.05, 0) is 36.6 Å². The number of hydrogen-bond donors (Lipinski definition) is 1. The molecule has 0 radical (unpaired) electrons. The van der Waals surface area contributed by atoms with Crippen LogP contribution in [0.5, 0.6) is 5.75 Å². The molecule has 1 aliphatic heterocycles. The number of hydrogen-bond acceptors (Lipinski definition) is 5. The minimum atomic E-state index is -3.71. The molecule has 3 rings (SSSR count). The average molecular weight is 467 g/mol. The van der Waals surface area contributed by atoms with Gasteiger partial charge in [0.15, 0.2) is 0 Å². The Labute approximate surface area is 188 Å². The van der Waals surface area contributed by atoms with Crippen LogP contribution in [-0.2, 0) is 25.0 Å². The normalized spacial score (nSPS) is 15.8. The van der Waals surface area contributed by atoms with E-state index in [4.69, 9.17) is 21.1 Å². The van der Waals surface area contributed by atoms with Crippen molar-refractivity contribution in [3.63, 3.8) is 0 Å². The number of halogens is 1. The van der Waals surface area contributed by atoms with E-state index < -0.39 is 10.0 Å². The number of nitrogens with zero attached hydrogens (tertiary/aromatic N) is 1. The van der Waals surface area contributed by atoms with Gasteiger partial charge in [-0.2, -0.15) is 0 Å². The van der Waals surface area contributed by atoms with Crippen LogP contribution in [-0.4, -0.2) is 54.0 Å². The number of carbonyl (C=O) groups excluding carboxylic acids is 1. The van der Waals surface area contributed by atoms with Crippen molar-refractivity contribution in [1.82, 2.24) is 5.32 Å². The highest BCUT2D eigenvalue weighted by Crippen LogP contribution is 2.34. The fourth-order valence-corrected chi connectivity index (χ4v) is 4.89. The van der Waals surface area contributed by atoms with Gasteiger partial charge in [-0.25, -0.2) is 8.42 Å². The Hall–Kier alpha value is -2.29. The fourth-order valence-electron chi connectivity index (χ4n) is 3.79. The van der Waals surface area contributed by atoms with Crippen molar-refractivity contribution in [1.29, 1.82) is 0 Å². The number of nitrogens with one attached hydrogen (secondary N) is 1. The van der Waals surface area contributed by atoms with E-state index >= 15 is 0 Å². The van der Waals surface area contributed by atoms with Gasteiger partial charge in [0.1, 0.15) is 12.3 Å². The molecule has 168 valence electrons. The van der Waals surface area contributed by atoms with E-state index in [0.717, 1.165) is 29.0 Å². The zero-order valence-electron chi connectivity index (χ0n) is 17.6. The van der Waals surface area contributed by atoms with Crippen molar-refractivity contribution in [2.45, 2.75) is 18.3 Å². The molecule has 2 aromatic carbocycles. The van der Waals surface area contributed by atoms with Crippen LogP contribution in [0.25, 0.3) is 0 Å². The molecule has 0 spiro atoms. The Morgan fingerprint density at radius 2 is 1.87 bits per heavy atom. The monoisotopic (exact) mass is 466 g/mol. The molecule has 0 saturated carbocycles. The van der Waals surface area contributed by atoms with Gasteiger partial charge in [-0.1, -0.05) is 41.9 Å². The predicted octanol–water partition coefficient (Wildman–Crippen LogP) is 2.98. The standard InChI is InChI=1S/C22H27ClN2O5S/c1-29-20-9-8-18(14-19(20)23)25(31(2,27)28)15-21(26)24-16-22(10-12-30-13-11-22)17-6-4-3-5-7-17/h3-9,14H,10-13,15-16H2,1-2H3,(H,24,26). The van der Waals surface area contributed by atoms with Gasteiger partial charge in [0.25, 0.3) is 0 Å². The van der Waals surface area contributed by atoms with E-state index in [-0.39, 0.29) is 22.9 Å². The van der Waals surface area contributed by atoms with Crippen molar-refractivity contribution in [2.75, 3.05) is 44.0 Å². The summed E-state index contributed by atoms with van der Waals surface area (Å²) in [5.41, 5.74) is 1.20. The molecule has 1 fully saturated rings. The molecule has 1 saturated heterocycles. The molecule has 0 atom stereocenters. The van der Waals surface area contributed by atoms with Crippen molar-refractivity contribution >= 4 is 33.2 Å². The van der Waals surface area contributed by atoms with Crippen LogP contribution < -0.4 is 14.4 Å². The van der Waals surface area contributed by atoms with E-state index in [1.165, 1.54) is 13.2 Å². The summed E-state index contributed by atoms with van der Waals surface area (Å²) in [7, 11) is -2.23. The number of carbonyl (C=O) groups is 1. The summed E-state index contributed by atoms with van der Waals surface area (Å²) in [4.78, 5) is 12.8.